The Labute approximate surface area is 242 Å². The Kier molecular flexibility index (Phi) is 8.62. The van der Waals surface area contributed by atoms with E-state index < -0.39 is 5.60 Å². The number of hydrogen-bond acceptors (Lipinski definition) is 4. The SMILES string of the molecule is CC(C)NC(=O)C1CCC(N2C(=NC(=O)c3ccc(F)cc3)Cc3ccc(CN4CCC[C@H]4C(C)(C)O)cc32)CC1. The topological polar surface area (TPSA) is 85.2 Å². The minimum absolute atomic E-state index is 0.00257. The second-order valence-corrected chi connectivity index (χ2v) is 12.8. The molecule has 41 heavy (non-hydrogen) atoms. The van der Waals surface area contributed by atoms with Gasteiger partial charge in [0.1, 0.15) is 11.7 Å². The Bertz CT molecular complexity index is 1290. The molecule has 3 aliphatic rings. The summed E-state index contributed by atoms with van der Waals surface area (Å²) in [5.41, 5.74) is 2.96. The Hall–Kier alpha value is -3.10. The highest BCUT2D eigenvalue weighted by Gasteiger charge is 2.38. The highest BCUT2D eigenvalue weighted by Crippen LogP contribution is 2.39. The summed E-state index contributed by atoms with van der Waals surface area (Å²) >= 11 is 0. The van der Waals surface area contributed by atoms with Crippen LogP contribution in [0.2, 0.25) is 0 Å². The van der Waals surface area contributed by atoms with Crippen molar-refractivity contribution in [3.63, 3.8) is 0 Å². The molecule has 0 radical (unpaired) electrons. The van der Waals surface area contributed by atoms with E-state index >= 15 is 0 Å². The predicted octanol–water partition coefficient (Wildman–Crippen LogP) is 5.25. The maximum Gasteiger partial charge on any atom is 0.278 e. The van der Waals surface area contributed by atoms with Gasteiger partial charge >= 0.3 is 0 Å². The molecule has 0 unspecified atom stereocenters. The highest BCUT2D eigenvalue weighted by molar-refractivity contribution is 6.12. The van der Waals surface area contributed by atoms with Gasteiger partial charge in [-0.2, -0.15) is 4.99 Å². The number of likely N-dealkylation sites (tertiary alicyclic amines) is 1. The van der Waals surface area contributed by atoms with Gasteiger partial charge in [-0.15, -0.1) is 0 Å². The molecular formula is C33H43FN4O3. The lowest BCUT2D eigenvalue weighted by molar-refractivity contribution is -0.126. The van der Waals surface area contributed by atoms with Crippen LogP contribution in [0, 0.1) is 11.7 Å². The number of aliphatic imine (C=N–C) groups is 1. The van der Waals surface area contributed by atoms with Gasteiger partial charge in [0.15, 0.2) is 0 Å². The summed E-state index contributed by atoms with van der Waals surface area (Å²) in [6.07, 6.45) is 5.83. The second kappa shape index (κ2) is 12.0. The van der Waals surface area contributed by atoms with Gasteiger partial charge < -0.3 is 15.3 Å². The van der Waals surface area contributed by atoms with Crippen LogP contribution in [0.25, 0.3) is 0 Å². The number of anilines is 1. The van der Waals surface area contributed by atoms with Crippen LogP contribution in [0.1, 0.15) is 87.7 Å². The van der Waals surface area contributed by atoms with Crippen LogP contribution < -0.4 is 10.2 Å². The predicted molar refractivity (Wildman–Crippen MR) is 160 cm³/mol. The molecule has 0 spiro atoms. The Balaban J connectivity index is 1.41. The van der Waals surface area contributed by atoms with E-state index in [2.05, 4.69) is 38.3 Å². The summed E-state index contributed by atoms with van der Waals surface area (Å²) in [7, 11) is 0. The monoisotopic (exact) mass is 562 g/mol. The minimum Gasteiger partial charge on any atom is -0.389 e. The summed E-state index contributed by atoms with van der Waals surface area (Å²) in [4.78, 5) is 35.0. The van der Waals surface area contributed by atoms with Gasteiger partial charge in [0.05, 0.1) is 5.60 Å². The average Bonchev–Trinajstić information content (AvgIpc) is 3.53. The second-order valence-electron chi connectivity index (χ2n) is 12.8. The molecule has 7 nitrogen and oxygen atoms in total. The van der Waals surface area contributed by atoms with Crippen molar-refractivity contribution in [1.29, 1.82) is 0 Å². The van der Waals surface area contributed by atoms with Gasteiger partial charge in [0.2, 0.25) is 5.91 Å². The first kappa shape index (κ1) is 29.4. The van der Waals surface area contributed by atoms with Gasteiger partial charge in [-0.05, 0) is 114 Å². The molecule has 0 bridgehead atoms. The number of nitrogens with zero attached hydrogens (tertiary/aromatic N) is 3. The van der Waals surface area contributed by atoms with Crippen molar-refractivity contribution in [2.75, 3.05) is 11.4 Å². The van der Waals surface area contributed by atoms with Crippen molar-refractivity contribution < 1.29 is 19.1 Å². The number of rotatable bonds is 7. The van der Waals surface area contributed by atoms with Crippen molar-refractivity contribution in [2.45, 2.75) is 103 Å². The fourth-order valence-electron chi connectivity index (χ4n) is 6.80. The molecule has 2 N–H and O–H groups in total. The zero-order valence-electron chi connectivity index (χ0n) is 24.7. The summed E-state index contributed by atoms with van der Waals surface area (Å²) in [5.74, 6) is 0.0528. The summed E-state index contributed by atoms with van der Waals surface area (Å²) in [6, 6.07) is 12.4. The zero-order valence-corrected chi connectivity index (χ0v) is 24.7. The molecule has 1 saturated heterocycles. The third-order valence-electron chi connectivity index (χ3n) is 8.79. The fraction of sp³-hybridized carbons (Fsp3) is 0.545. The number of amidine groups is 1. The smallest absolute Gasteiger partial charge is 0.278 e. The van der Waals surface area contributed by atoms with E-state index in [1.807, 2.05) is 27.7 Å². The number of nitrogens with one attached hydrogen (secondary N) is 1. The van der Waals surface area contributed by atoms with Crippen LogP contribution >= 0.6 is 0 Å². The maximum atomic E-state index is 13.5. The van der Waals surface area contributed by atoms with Gasteiger partial charge in [0, 0.05) is 48.3 Å². The van der Waals surface area contributed by atoms with E-state index in [4.69, 9.17) is 0 Å². The van der Waals surface area contributed by atoms with Crippen LogP contribution in [0.5, 0.6) is 0 Å². The zero-order chi connectivity index (χ0) is 29.3. The minimum atomic E-state index is -0.764. The molecule has 1 aliphatic carbocycles. The Morgan fingerprint density at radius 3 is 2.44 bits per heavy atom. The summed E-state index contributed by atoms with van der Waals surface area (Å²) in [6.45, 7) is 9.44. The average molecular weight is 563 g/mol. The van der Waals surface area contributed by atoms with Gasteiger partial charge in [0.25, 0.3) is 5.91 Å². The molecule has 1 saturated carbocycles. The van der Waals surface area contributed by atoms with E-state index in [9.17, 15) is 19.1 Å². The first-order chi connectivity index (χ1) is 19.5. The molecule has 2 aromatic carbocycles. The van der Waals surface area contributed by atoms with E-state index in [0.717, 1.165) is 62.9 Å². The van der Waals surface area contributed by atoms with E-state index in [-0.39, 0.29) is 41.7 Å². The third-order valence-corrected chi connectivity index (χ3v) is 8.79. The lowest BCUT2D eigenvalue weighted by Crippen LogP contribution is -2.45. The molecule has 2 aliphatic heterocycles. The van der Waals surface area contributed by atoms with Crippen molar-refractivity contribution >= 4 is 23.3 Å². The number of aliphatic hydroxyl groups is 1. The van der Waals surface area contributed by atoms with Crippen LogP contribution in [0.15, 0.2) is 47.5 Å². The molecule has 2 fully saturated rings. The summed E-state index contributed by atoms with van der Waals surface area (Å²) in [5, 5.41) is 13.8. The van der Waals surface area contributed by atoms with E-state index in [1.54, 1.807) is 0 Å². The Morgan fingerprint density at radius 1 is 1.07 bits per heavy atom. The number of halogens is 1. The van der Waals surface area contributed by atoms with Crippen molar-refractivity contribution in [3.8, 4) is 0 Å². The molecule has 220 valence electrons. The molecule has 8 heteroatoms. The highest BCUT2D eigenvalue weighted by atomic mass is 19.1. The largest absolute Gasteiger partial charge is 0.389 e. The van der Waals surface area contributed by atoms with Crippen molar-refractivity contribution in [2.24, 2.45) is 10.9 Å². The first-order valence-electron chi connectivity index (χ1n) is 15.0. The van der Waals surface area contributed by atoms with Crippen molar-refractivity contribution in [3.05, 3.63) is 65.0 Å². The number of fused-ring (bicyclic) bond motifs is 1. The molecular weight excluding hydrogens is 519 g/mol. The number of carbonyl (C=O) groups is 2. The molecule has 2 amide bonds. The Morgan fingerprint density at radius 2 is 1.78 bits per heavy atom. The van der Waals surface area contributed by atoms with Crippen LogP contribution in [0.3, 0.4) is 0 Å². The first-order valence-corrected chi connectivity index (χ1v) is 15.0. The molecule has 2 heterocycles. The lowest BCUT2D eigenvalue weighted by atomic mass is 9.84. The molecule has 5 rings (SSSR count). The quantitative estimate of drug-likeness (QED) is 0.482. The van der Waals surface area contributed by atoms with Gasteiger partial charge in [-0.25, -0.2) is 4.39 Å². The van der Waals surface area contributed by atoms with Gasteiger partial charge in [-0.1, -0.05) is 12.1 Å². The number of amides is 2. The normalized spacial score (nSPS) is 24.2. The standard InChI is InChI=1S/C33H43FN4O3/c1-21(2)35-31(39)24-11-15-27(16-12-24)38-28-18-22(20-37-17-5-6-29(37)33(3,4)41)7-8-25(28)19-30(38)36-32(40)23-9-13-26(34)14-10-23/h7-10,13-14,18,21,24,27,29,41H,5-6,11-12,15-17,19-20H2,1-4H3,(H,35,39)/t24?,27?,29-/m0/s1. The van der Waals surface area contributed by atoms with Gasteiger partial charge in [-0.3, -0.25) is 14.5 Å². The van der Waals surface area contributed by atoms with Crippen molar-refractivity contribution in [1.82, 2.24) is 10.2 Å². The maximum absolute atomic E-state index is 13.5. The van der Waals surface area contributed by atoms with E-state index in [0.29, 0.717) is 17.8 Å². The third kappa shape index (κ3) is 6.70. The summed E-state index contributed by atoms with van der Waals surface area (Å²) < 4.78 is 13.5. The van der Waals surface area contributed by atoms with Crippen LogP contribution in [0.4, 0.5) is 10.1 Å². The fourth-order valence-corrected chi connectivity index (χ4v) is 6.80. The molecule has 2 aromatic rings. The molecule has 0 aromatic heterocycles. The lowest BCUT2D eigenvalue weighted by Gasteiger charge is -2.36. The van der Waals surface area contributed by atoms with Crippen LogP contribution in [-0.2, 0) is 17.8 Å². The number of hydrogen-bond donors (Lipinski definition) is 2. The van der Waals surface area contributed by atoms with Crippen LogP contribution in [-0.4, -0.2) is 57.9 Å². The number of benzene rings is 2. The number of carbonyl (C=O) groups excluding carboxylic acids is 2. The molecule has 1 atom stereocenters. The van der Waals surface area contributed by atoms with E-state index in [1.165, 1.54) is 29.8 Å².